The topological polar surface area (TPSA) is 70.7 Å². The third-order valence-corrected chi connectivity index (χ3v) is 4.50. The summed E-state index contributed by atoms with van der Waals surface area (Å²) in [7, 11) is 0. The van der Waals surface area contributed by atoms with E-state index in [9.17, 15) is 9.59 Å². The molecule has 0 aromatic heterocycles. The van der Waals surface area contributed by atoms with Gasteiger partial charge in [-0.05, 0) is 29.8 Å². The van der Waals surface area contributed by atoms with Gasteiger partial charge >= 0.3 is 0 Å². The first-order valence-corrected chi connectivity index (χ1v) is 9.16. The van der Waals surface area contributed by atoms with Gasteiger partial charge in [0.1, 0.15) is 0 Å². The molecule has 0 bridgehead atoms. The van der Waals surface area contributed by atoms with E-state index in [0.29, 0.717) is 0 Å². The minimum Gasteiger partial charge on any atom is -0.378 e. The first kappa shape index (κ1) is 18.9. The molecule has 3 rings (SSSR count). The zero-order valence-corrected chi connectivity index (χ0v) is 15.5. The summed E-state index contributed by atoms with van der Waals surface area (Å²) in [6, 6.07) is 17.0. The van der Waals surface area contributed by atoms with Crippen molar-refractivity contribution in [3.05, 3.63) is 60.2 Å². The molecule has 142 valence electrons. The lowest BCUT2D eigenvalue weighted by atomic mass is 10.0. The quantitative estimate of drug-likeness (QED) is 0.824. The Morgan fingerprint density at radius 3 is 2.33 bits per heavy atom. The Hall–Kier alpha value is -2.86. The first-order valence-electron chi connectivity index (χ1n) is 9.16. The number of rotatable bonds is 6. The molecule has 2 aromatic carbocycles. The van der Waals surface area contributed by atoms with Crippen LogP contribution in [0.2, 0.25) is 0 Å². The highest BCUT2D eigenvalue weighted by Crippen LogP contribution is 2.21. The smallest absolute Gasteiger partial charge is 0.226 e. The lowest BCUT2D eigenvalue weighted by Gasteiger charge is -2.28. The van der Waals surface area contributed by atoms with Gasteiger partial charge in [0, 0.05) is 31.4 Å². The number of ether oxygens (including phenoxy) is 1. The molecule has 0 radical (unpaired) electrons. The van der Waals surface area contributed by atoms with Crippen molar-refractivity contribution in [1.82, 2.24) is 5.32 Å². The molecule has 2 aromatic rings. The summed E-state index contributed by atoms with van der Waals surface area (Å²) in [6.07, 6.45) is 0.175. The second-order valence-corrected chi connectivity index (χ2v) is 6.56. The number of hydrogen-bond donors (Lipinski definition) is 2. The largest absolute Gasteiger partial charge is 0.378 e. The highest BCUT2D eigenvalue weighted by molar-refractivity contribution is 5.91. The molecule has 1 fully saturated rings. The second-order valence-electron chi connectivity index (χ2n) is 6.56. The monoisotopic (exact) mass is 367 g/mol. The van der Waals surface area contributed by atoms with Gasteiger partial charge < -0.3 is 20.3 Å². The second kappa shape index (κ2) is 9.19. The molecule has 0 spiro atoms. The molecule has 2 N–H and O–H groups in total. The summed E-state index contributed by atoms with van der Waals surface area (Å²) >= 11 is 0. The third-order valence-electron chi connectivity index (χ3n) is 4.50. The molecule has 6 nitrogen and oxygen atoms in total. The van der Waals surface area contributed by atoms with Gasteiger partial charge in [-0.2, -0.15) is 0 Å². The van der Waals surface area contributed by atoms with Crippen LogP contribution in [-0.4, -0.2) is 38.1 Å². The third kappa shape index (κ3) is 5.56. The number of anilines is 2. The molecule has 1 saturated heterocycles. The summed E-state index contributed by atoms with van der Waals surface area (Å²) in [5.74, 6) is -0.303. The van der Waals surface area contributed by atoms with Gasteiger partial charge in [0.15, 0.2) is 0 Å². The van der Waals surface area contributed by atoms with Crippen molar-refractivity contribution in [2.24, 2.45) is 0 Å². The van der Waals surface area contributed by atoms with Crippen LogP contribution in [0.5, 0.6) is 0 Å². The Labute approximate surface area is 159 Å². The van der Waals surface area contributed by atoms with E-state index in [4.69, 9.17) is 4.74 Å². The van der Waals surface area contributed by atoms with E-state index in [1.807, 2.05) is 54.6 Å². The van der Waals surface area contributed by atoms with Crippen LogP contribution in [0.4, 0.5) is 11.4 Å². The van der Waals surface area contributed by atoms with Crippen molar-refractivity contribution >= 4 is 23.2 Å². The molecule has 0 aliphatic carbocycles. The van der Waals surface area contributed by atoms with Crippen molar-refractivity contribution in [2.45, 2.75) is 19.4 Å². The Morgan fingerprint density at radius 1 is 1.04 bits per heavy atom. The summed E-state index contributed by atoms with van der Waals surface area (Å²) in [4.78, 5) is 26.2. The van der Waals surface area contributed by atoms with Crippen LogP contribution in [0.15, 0.2) is 54.6 Å². The van der Waals surface area contributed by atoms with E-state index in [0.717, 1.165) is 43.2 Å². The number of hydrogen-bond acceptors (Lipinski definition) is 4. The Bertz CT molecular complexity index is 756. The van der Waals surface area contributed by atoms with E-state index in [1.54, 1.807) is 0 Å². The molecular formula is C21H25N3O3. The van der Waals surface area contributed by atoms with Gasteiger partial charge in [-0.3, -0.25) is 9.59 Å². The fourth-order valence-corrected chi connectivity index (χ4v) is 3.16. The SMILES string of the molecule is CC(=O)N[C@H](CC(=O)Nc1ccc(N2CCOCC2)cc1)c1ccccc1. The number of carbonyl (C=O) groups excluding carboxylic acids is 2. The highest BCUT2D eigenvalue weighted by atomic mass is 16.5. The van der Waals surface area contributed by atoms with Gasteiger partial charge in [0.05, 0.1) is 25.7 Å². The zero-order chi connectivity index (χ0) is 19.1. The van der Waals surface area contributed by atoms with Crippen molar-refractivity contribution in [3.63, 3.8) is 0 Å². The molecule has 1 aliphatic rings. The lowest BCUT2D eigenvalue weighted by molar-refractivity contribution is -0.120. The minimum absolute atomic E-state index is 0.142. The van der Waals surface area contributed by atoms with Gasteiger partial charge in [-0.25, -0.2) is 0 Å². The van der Waals surface area contributed by atoms with Crippen LogP contribution < -0.4 is 15.5 Å². The van der Waals surface area contributed by atoms with Crippen molar-refractivity contribution in [2.75, 3.05) is 36.5 Å². The molecule has 1 aliphatic heterocycles. The standard InChI is InChI=1S/C21H25N3O3/c1-16(25)22-20(17-5-3-2-4-6-17)15-21(26)23-18-7-9-19(10-8-18)24-11-13-27-14-12-24/h2-10,20H,11-15H2,1H3,(H,22,25)(H,23,26)/t20-/m1/s1. The van der Waals surface area contributed by atoms with Crippen LogP contribution in [-0.2, 0) is 14.3 Å². The minimum atomic E-state index is -0.351. The van der Waals surface area contributed by atoms with Gasteiger partial charge in [0.25, 0.3) is 0 Å². The molecule has 0 unspecified atom stereocenters. The van der Waals surface area contributed by atoms with Crippen molar-refractivity contribution in [3.8, 4) is 0 Å². The predicted octanol–water partition coefficient (Wildman–Crippen LogP) is 2.73. The highest BCUT2D eigenvalue weighted by Gasteiger charge is 2.17. The van der Waals surface area contributed by atoms with Crippen LogP contribution in [0.3, 0.4) is 0 Å². The Morgan fingerprint density at radius 2 is 1.70 bits per heavy atom. The van der Waals surface area contributed by atoms with Gasteiger partial charge in [-0.1, -0.05) is 30.3 Å². The van der Waals surface area contributed by atoms with Crippen LogP contribution in [0, 0.1) is 0 Å². The van der Waals surface area contributed by atoms with Crippen molar-refractivity contribution < 1.29 is 14.3 Å². The summed E-state index contributed by atoms with van der Waals surface area (Å²) in [6.45, 7) is 4.69. The number of nitrogens with one attached hydrogen (secondary N) is 2. The van der Waals surface area contributed by atoms with Gasteiger partial charge in [-0.15, -0.1) is 0 Å². The predicted molar refractivity (Wildman–Crippen MR) is 106 cm³/mol. The number of carbonyl (C=O) groups is 2. The zero-order valence-electron chi connectivity index (χ0n) is 15.5. The van der Waals surface area contributed by atoms with Crippen molar-refractivity contribution in [1.29, 1.82) is 0 Å². The Kier molecular flexibility index (Phi) is 6.44. The molecule has 6 heteroatoms. The fourth-order valence-electron chi connectivity index (χ4n) is 3.16. The van der Waals surface area contributed by atoms with E-state index < -0.39 is 0 Å². The molecule has 1 heterocycles. The molecular weight excluding hydrogens is 342 g/mol. The number of benzene rings is 2. The average molecular weight is 367 g/mol. The summed E-state index contributed by atoms with van der Waals surface area (Å²) in [5.41, 5.74) is 2.77. The first-order chi connectivity index (χ1) is 13.1. The average Bonchev–Trinajstić information content (AvgIpc) is 2.69. The summed E-state index contributed by atoms with van der Waals surface area (Å²) in [5, 5.41) is 5.76. The van der Waals surface area contributed by atoms with E-state index in [1.165, 1.54) is 6.92 Å². The molecule has 0 saturated carbocycles. The summed E-state index contributed by atoms with van der Waals surface area (Å²) < 4.78 is 5.37. The number of amides is 2. The van der Waals surface area contributed by atoms with E-state index in [-0.39, 0.29) is 24.3 Å². The fraction of sp³-hybridized carbons (Fsp3) is 0.333. The number of nitrogens with zero attached hydrogens (tertiary/aromatic N) is 1. The molecule has 1 atom stereocenters. The molecule has 2 amide bonds. The van der Waals surface area contributed by atoms with Crippen LogP contribution in [0.1, 0.15) is 24.9 Å². The maximum Gasteiger partial charge on any atom is 0.226 e. The normalized spacial score (nSPS) is 15.1. The Balaban J connectivity index is 1.60. The lowest BCUT2D eigenvalue weighted by Crippen LogP contribution is -2.36. The maximum absolute atomic E-state index is 12.5. The number of morpholine rings is 1. The van der Waals surface area contributed by atoms with Crippen LogP contribution >= 0.6 is 0 Å². The van der Waals surface area contributed by atoms with E-state index in [2.05, 4.69) is 15.5 Å². The molecule has 27 heavy (non-hydrogen) atoms. The van der Waals surface area contributed by atoms with Gasteiger partial charge in [0.2, 0.25) is 11.8 Å². The van der Waals surface area contributed by atoms with E-state index >= 15 is 0 Å². The van der Waals surface area contributed by atoms with Crippen LogP contribution in [0.25, 0.3) is 0 Å². The maximum atomic E-state index is 12.5.